The molecule has 2 rings (SSSR count). The molecule has 1 saturated carbocycles. The molecule has 0 radical (unpaired) electrons. The van der Waals surface area contributed by atoms with Gasteiger partial charge in [0.15, 0.2) is 0 Å². The van der Waals surface area contributed by atoms with Gasteiger partial charge in [-0.1, -0.05) is 0 Å². The average Bonchev–Trinajstić information content (AvgIpc) is 2.76. The summed E-state index contributed by atoms with van der Waals surface area (Å²) in [5.74, 6) is -2.46. The van der Waals surface area contributed by atoms with E-state index >= 15 is 0 Å². The number of carbonyl (C=O) groups excluding carboxylic acids is 2. The molecule has 1 aromatic carbocycles. The van der Waals surface area contributed by atoms with Gasteiger partial charge in [0.1, 0.15) is 11.9 Å². The van der Waals surface area contributed by atoms with Crippen LogP contribution in [0.4, 0.5) is 10.1 Å². The van der Waals surface area contributed by atoms with Gasteiger partial charge in [-0.15, -0.1) is 0 Å². The van der Waals surface area contributed by atoms with Crippen molar-refractivity contribution in [2.45, 2.75) is 31.6 Å². The maximum absolute atomic E-state index is 13.8. The minimum absolute atomic E-state index is 0.178. The second kappa shape index (κ2) is 7.03. The fourth-order valence-corrected chi connectivity index (χ4v) is 2.68. The molecule has 0 aromatic heterocycles. The van der Waals surface area contributed by atoms with Crippen molar-refractivity contribution >= 4 is 17.5 Å². The van der Waals surface area contributed by atoms with Crippen molar-refractivity contribution in [2.75, 3.05) is 11.9 Å². The molecule has 0 bridgehead atoms. The van der Waals surface area contributed by atoms with Crippen molar-refractivity contribution in [1.29, 1.82) is 0 Å². The zero-order chi connectivity index (χ0) is 17.1. The fraction of sp³-hybridized carbons (Fsp3) is 0.467. The first-order chi connectivity index (χ1) is 10.8. The molecule has 5 N–H and O–H groups in total. The first kappa shape index (κ1) is 17.3. The Morgan fingerprint density at radius 1 is 1.30 bits per heavy atom. The van der Waals surface area contributed by atoms with E-state index in [4.69, 9.17) is 5.11 Å². The number of benzene rings is 1. The summed E-state index contributed by atoms with van der Waals surface area (Å²) in [5, 5.41) is 33.6. The highest BCUT2D eigenvalue weighted by Crippen LogP contribution is 2.27. The molecule has 4 atom stereocenters. The maximum Gasteiger partial charge on any atom is 0.254 e. The number of hydrogen-bond acceptors (Lipinski definition) is 5. The zero-order valence-corrected chi connectivity index (χ0v) is 12.5. The second-order valence-corrected chi connectivity index (χ2v) is 5.62. The lowest BCUT2D eigenvalue weighted by atomic mass is 10.1. The van der Waals surface area contributed by atoms with Crippen LogP contribution in [0.3, 0.4) is 0 Å². The van der Waals surface area contributed by atoms with Gasteiger partial charge < -0.3 is 26.0 Å². The lowest BCUT2D eigenvalue weighted by molar-refractivity contribution is -0.114. The van der Waals surface area contributed by atoms with Crippen LogP contribution in [-0.4, -0.2) is 52.0 Å². The average molecular weight is 326 g/mol. The van der Waals surface area contributed by atoms with E-state index < -0.39 is 35.9 Å². The van der Waals surface area contributed by atoms with Gasteiger partial charge in [-0.25, -0.2) is 4.39 Å². The summed E-state index contributed by atoms with van der Waals surface area (Å²) in [6.07, 6.45) is -2.21. The predicted octanol–water partition coefficient (Wildman–Crippen LogP) is -0.384. The van der Waals surface area contributed by atoms with Crippen molar-refractivity contribution < 1.29 is 29.3 Å². The van der Waals surface area contributed by atoms with Gasteiger partial charge in [-0.3, -0.25) is 9.59 Å². The van der Waals surface area contributed by atoms with E-state index in [1.54, 1.807) is 0 Å². The molecule has 2 amide bonds. The molecule has 0 heterocycles. The number of anilines is 1. The van der Waals surface area contributed by atoms with Gasteiger partial charge >= 0.3 is 0 Å². The third kappa shape index (κ3) is 3.84. The number of carbonyl (C=O) groups is 2. The van der Waals surface area contributed by atoms with Crippen molar-refractivity contribution in [1.82, 2.24) is 5.32 Å². The van der Waals surface area contributed by atoms with E-state index in [2.05, 4.69) is 10.6 Å². The predicted molar refractivity (Wildman–Crippen MR) is 79.2 cm³/mol. The third-order valence-electron chi connectivity index (χ3n) is 3.88. The molecular weight excluding hydrogens is 307 g/mol. The number of aliphatic hydroxyl groups is 3. The number of nitrogens with one attached hydrogen (secondary N) is 2. The SMILES string of the molecule is CC(=O)Nc1ccc(F)c(C(=O)N[C@@H]2C[C@H](CO)[C@@H](O)[C@H]2O)c1. The molecule has 0 spiro atoms. The van der Waals surface area contributed by atoms with E-state index in [0.29, 0.717) is 0 Å². The van der Waals surface area contributed by atoms with Gasteiger partial charge in [0, 0.05) is 25.1 Å². The topological polar surface area (TPSA) is 119 Å². The van der Waals surface area contributed by atoms with Crippen LogP contribution in [0.1, 0.15) is 23.7 Å². The Labute approximate surface area is 132 Å². The minimum Gasteiger partial charge on any atom is -0.396 e. The van der Waals surface area contributed by atoms with Gasteiger partial charge in [0.05, 0.1) is 17.7 Å². The quantitative estimate of drug-likeness (QED) is 0.517. The monoisotopic (exact) mass is 326 g/mol. The van der Waals surface area contributed by atoms with Crippen LogP contribution in [0, 0.1) is 11.7 Å². The van der Waals surface area contributed by atoms with Gasteiger partial charge in [-0.2, -0.15) is 0 Å². The Morgan fingerprint density at radius 3 is 2.57 bits per heavy atom. The molecule has 0 unspecified atom stereocenters. The van der Waals surface area contributed by atoms with E-state index in [-0.39, 0.29) is 30.2 Å². The van der Waals surface area contributed by atoms with Crippen LogP contribution < -0.4 is 10.6 Å². The van der Waals surface area contributed by atoms with Gasteiger partial charge in [0.25, 0.3) is 5.91 Å². The van der Waals surface area contributed by atoms with Crippen LogP contribution in [0.15, 0.2) is 18.2 Å². The molecule has 1 fully saturated rings. The Bertz CT molecular complexity index is 610. The van der Waals surface area contributed by atoms with Crippen LogP contribution in [0.5, 0.6) is 0 Å². The van der Waals surface area contributed by atoms with Crippen molar-refractivity contribution in [2.24, 2.45) is 5.92 Å². The molecule has 1 aliphatic carbocycles. The standard InChI is InChI=1S/C15H19FN2O5/c1-7(20)17-9-2-3-11(16)10(5-9)15(23)18-12-4-8(6-19)13(21)14(12)22/h2-3,5,8,12-14,19,21-22H,4,6H2,1H3,(H,17,20)(H,18,23)/t8-,12-,13-,14+/m1/s1. The van der Waals surface area contributed by atoms with Crippen molar-refractivity contribution in [3.05, 3.63) is 29.6 Å². The first-order valence-corrected chi connectivity index (χ1v) is 7.18. The van der Waals surface area contributed by atoms with E-state index in [0.717, 1.165) is 6.07 Å². The second-order valence-electron chi connectivity index (χ2n) is 5.62. The summed E-state index contributed by atoms with van der Waals surface area (Å²) in [5.41, 5.74) is -0.0188. The van der Waals surface area contributed by atoms with Crippen molar-refractivity contribution in [3.63, 3.8) is 0 Å². The first-order valence-electron chi connectivity index (χ1n) is 7.18. The Morgan fingerprint density at radius 2 is 2.00 bits per heavy atom. The number of halogens is 1. The Kier molecular flexibility index (Phi) is 5.30. The van der Waals surface area contributed by atoms with E-state index in [1.165, 1.54) is 19.1 Å². The van der Waals surface area contributed by atoms with E-state index in [9.17, 15) is 24.2 Å². The molecule has 7 nitrogen and oxygen atoms in total. The van der Waals surface area contributed by atoms with Crippen LogP contribution in [0.2, 0.25) is 0 Å². The highest BCUT2D eigenvalue weighted by Gasteiger charge is 2.41. The molecule has 1 aliphatic rings. The Hall–Kier alpha value is -2.03. The summed E-state index contributed by atoms with van der Waals surface area (Å²) in [4.78, 5) is 23.2. The van der Waals surface area contributed by atoms with E-state index in [1.807, 2.05) is 0 Å². The molecule has 0 saturated heterocycles. The normalized spacial score (nSPS) is 26.8. The number of rotatable bonds is 4. The number of aliphatic hydroxyl groups excluding tert-OH is 3. The highest BCUT2D eigenvalue weighted by atomic mass is 19.1. The van der Waals surface area contributed by atoms with Gasteiger partial charge in [0.2, 0.25) is 5.91 Å². The minimum atomic E-state index is -1.24. The fourth-order valence-electron chi connectivity index (χ4n) is 2.68. The molecule has 126 valence electrons. The largest absolute Gasteiger partial charge is 0.396 e. The highest BCUT2D eigenvalue weighted by molar-refractivity contribution is 5.97. The molecule has 1 aromatic rings. The van der Waals surface area contributed by atoms with Crippen molar-refractivity contribution in [3.8, 4) is 0 Å². The van der Waals surface area contributed by atoms with Crippen LogP contribution in [-0.2, 0) is 4.79 Å². The maximum atomic E-state index is 13.8. The molecular formula is C15H19FN2O5. The zero-order valence-electron chi connectivity index (χ0n) is 12.5. The lowest BCUT2D eigenvalue weighted by Gasteiger charge is -2.18. The summed E-state index contributed by atoms with van der Waals surface area (Å²) >= 11 is 0. The van der Waals surface area contributed by atoms with Crippen LogP contribution in [0.25, 0.3) is 0 Å². The lowest BCUT2D eigenvalue weighted by Crippen LogP contribution is -2.43. The molecule has 23 heavy (non-hydrogen) atoms. The van der Waals surface area contributed by atoms with Gasteiger partial charge in [-0.05, 0) is 24.6 Å². The summed E-state index contributed by atoms with van der Waals surface area (Å²) in [7, 11) is 0. The summed E-state index contributed by atoms with van der Waals surface area (Å²) in [6.45, 7) is 0.964. The molecule has 0 aliphatic heterocycles. The summed E-state index contributed by atoms with van der Waals surface area (Å²) in [6, 6.07) is 2.77. The Balaban J connectivity index is 2.13. The van der Waals surface area contributed by atoms with Crippen LogP contribution >= 0.6 is 0 Å². The number of hydrogen-bond donors (Lipinski definition) is 5. The smallest absolute Gasteiger partial charge is 0.254 e. The number of amides is 2. The third-order valence-corrected chi connectivity index (χ3v) is 3.88. The summed E-state index contributed by atoms with van der Waals surface area (Å²) < 4.78 is 13.8. The molecule has 8 heteroatoms.